The van der Waals surface area contributed by atoms with Crippen LogP contribution in [0, 0.1) is 0 Å². The van der Waals surface area contributed by atoms with Crippen LogP contribution >= 0.6 is 12.2 Å². The summed E-state index contributed by atoms with van der Waals surface area (Å²) in [6, 6.07) is 12.1. The second kappa shape index (κ2) is 8.34. The number of nitrogens with one attached hydrogen (secondary N) is 3. The molecule has 0 fully saturated rings. The van der Waals surface area contributed by atoms with Crippen LogP contribution in [0.25, 0.3) is 0 Å². The van der Waals surface area contributed by atoms with Crippen LogP contribution in [0.1, 0.15) is 50.4 Å². The molecular formula is C23H24F3N3OS. The molecule has 0 radical (unpaired) electrons. The zero-order valence-electron chi connectivity index (χ0n) is 17.6. The van der Waals surface area contributed by atoms with E-state index >= 15 is 0 Å². The predicted molar refractivity (Wildman–Crippen MR) is 120 cm³/mol. The van der Waals surface area contributed by atoms with Crippen molar-refractivity contribution in [3.8, 4) is 0 Å². The minimum atomic E-state index is -4.58. The maximum absolute atomic E-state index is 13.3. The summed E-state index contributed by atoms with van der Waals surface area (Å²) >= 11 is 5.25. The first kappa shape index (κ1) is 22.8. The summed E-state index contributed by atoms with van der Waals surface area (Å²) in [5.41, 5.74) is 1.42. The van der Waals surface area contributed by atoms with Crippen molar-refractivity contribution >= 4 is 28.9 Å². The molecule has 31 heavy (non-hydrogen) atoms. The lowest BCUT2D eigenvalue weighted by Gasteiger charge is -2.31. The Bertz CT molecular complexity index is 1040. The van der Waals surface area contributed by atoms with Crippen LogP contribution in [-0.4, -0.2) is 11.0 Å². The van der Waals surface area contributed by atoms with E-state index in [4.69, 9.17) is 12.2 Å². The van der Waals surface area contributed by atoms with Crippen LogP contribution < -0.4 is 16.0 Å². The molecular weight excluding hydrogens is 423 g/mol. The number of benzene rings is 2. The Balaban J connectivity index is 1.97. The molecule has 1 heterocycles. The van der Waals surface area contributed by atoms with Gasteiger partial charge in [0.1, 0.15) is 0 Å². The first-order chi connectivity index (χ1) is 14.4. The zero-order chi connectivity index (χ0) is 23.0. The summed E-state index contributed by atoms with van der Waals surface area (Å²) in [6.45, 7) is 7.97. The van der Waals surface area contributed by atoms with E-state index in [1.165, 1.54) is 18.2 Å². The summed E-state index contributed by atoms with van der Waals surface area (Å²) in [6.07, 6.45) is -4.58. The van der Waals surface area contributed by atoms with Gasteiger partial charge < -0.3 is 16.0 Å². The second-order valence-electron chi connectivity index (χ2n) is 8.44. The van der Waals surface area contributed by atoms with Crippen LogP contribution in [-0.2, 0) is 16.4 Å². The summed E-state index contributed by atoms with van der Waals surface area (Å²) in [5.74, 6) is -0.637. The Morgan fingerprint density at radius 3 is 2.23 bits per heavy atom. The van der Waals surface area contributed by atoms with Crippen molar-refractivity contribution in [1.82, 2.24) is 10.6 Å². The van der Waals surface area contributed by atoms with Crippen LogP contribution in [0.5, 0.6) is 0 Å². The summed E-state index contributed by atoms with van der Waals surface area (Å²) < 4.78 is 40.0. The first-order valence-corrected chi connectivity index (χ1v) is 10.1. The smallest absolute Gasteiger partial charge is 0.351 e. The van der Waals surface area contributed by atoms with Gasteiger partial charge in [0.25, 0.3) is 5.91 Å². The second-order valence-corrected chi connectivity index (χ2v) is 8.85. The molecule has 2 aromatic rings. The van der Waals surface area contributed by atoms with Crippen molar-refractivity contribution in [3.05, 3.63) is 76.5 Å². The lowest BCUT2D eigenvalue weighted by Crippen LogP contribution is -2.45. The van der Waals surface area contributed by atoms with E-state index in [0.29, 0.717) is 10.8 Å². The molecule has 0 saturated heterocycles. The standard InChI is InChI=1S/C23H24F3N3OS/c1-13-18(20(30)28-17-8-6-5-7-16(17)23(24,25)26)19(29-21(31)27-13)14-9-11-15(12-10-14)22(2,3)4/h5-12,19H,1-4H3,(H,28,30)(H2,27,29,31). The fourth-order valence-electron chi connectivity index (χ4n) is 3.45. The van der Waals surface area contributed by atoms with Gasteiger partial charge in [-0.1, -0.05) is 57.2 Å². The van der Waals surface area contributed by atoms with Crippen LogP contribution in [0.4, 0.5) is 18.9 Å². The van der Waals surface area contributed by atoms with E-state index in [-0.39, 0.29) is 16.7 Å². The maximum atomic E-state index is 13.3. The number of hydrogen-bond acceptors (Lipinski definition) is 2. The number of hydrogen-bond donors (Lipinski definition) is 3. The summed E-state index contributed by atoms with van der Waals surface area (Å²) in [7, 11) is 0. The number of rotatable bonds is 3. The number of carbonyl (C=O) groups excluding carboxylic acids is 1. The van der Waals surface area contributed by atoms with E-state index in [1.54, 1.807) is 6.92 Å². The number of allylic oxidation sites excluding steroid dienone is 1. The lowest BCUT2D eigenvalue weighted by atomic mass is 9.85. The minimum absolute atomic E-state index is 0.0390. The number of alkyl halides is 3. The highest BCUT2D eigenvalue weighted by atomic mass is 32.1. The number of para-hydroxylation sites is 1. The molecule has 0 saturated carbocycles. The number of carbonyl (C=O) groups is 1. The van der Waals surface area contributed by atoms with E-state index in [0.717, 1.165) is 17.2 Å². The Morgan fingerprint density at radius 1 is 1.03 bits per heavy atom. The highest BCUT2D eigenvalue weighted by Gasteiger charge is 2.35. The average Bonchev–Trinajstić information content (AvgIpc) is 2.66. The Hall–Kier alpha value is -2.87. The van der Waals surface area contributed by atoms with E-state index in [9.17, 15) is 18.0 Å². The molecule has 2 aromatic carbocycles. The molecule has 1 atom stereocenters. The van der Waals surface area contributed by atoms with Gasteiger partial charge in [-0.25, -0.2) is 0 Å². The molecule has 0 aliphatic carbocycles. The normalized spacial score (nSPS) is 17.1. The summed E-state index contributed by atoms with van der Waals surface area (Å²) in [5, 5.41) is 8.73. The zero-order valence-corrected chi connectivity index (χ0v) is 18.5. The number of amides is 1. The average molecular weight is 448 g/mol. The van der Waals surface area contributed by atoms with Crippen LogP contribution in [0.2, 0.25) is 0 Å². The molecule has 3 N–H and O–H groups in total. The van der Waals surface area contributed by atoms with Gasteiger partial charge in [-0.3, -0.25) is 4.79 Å². The fourth-order valence-corrected chi connectivity index (χ4v) is 3.72. The Morgan fingerprint density at radius 2 is 1.65 bits per heavy atom. The molecule has 1 aliphatic heterocycles. The van der Waals surface area contributed by atoms with Crippen molar-refractivity contribution in [2.75, 3.05) is 5.32 Å². The number of halogens is 3. The molecule has 4 nitrogen and oxygen atoms in total. The minimum Gasteiger partial charge on any atom is -0.351 e. The van der Waals surface area contributed by atoms with Crippen molar-refractivity contribution < 1.29 is 18.0 Å². The van der Waals surface area contributed by atoms with Gasteiger partial charge in [-0.2, -0.15) is 13.2 Å². The third kappa shape index (κ3) is 5.07. The maximum Gasteiger partial charge on any atom is 0.418 e. The highest BCUT2D eigenvalue weighted by Crippen LogP contribution is 2.36. The quantitative estimate of drug-likeness (QED) is 0.549. The molecule has 1 amide bonds. The fraction of sp³-hybridized carbons (Fsp3) is 0.304. The van der Waals surface area contributed by atoms with Crippen molar-refractivity contribution in [1.29, 1.82) is 0 Å². The van der Waals surface area contributed by atoms with Crippen LogP contribution in [0.15, 0.2) is 59.8 Å². The van der Waals surface area contributed by atoms with Crippen molar-refractivity contribution in [2.45, 2.75) is 45.3 Å². The SMILES string of the molecule is CC1=C(C(=O)Nc2ccccc2C(F)(F)F)C(c2ccc(C(C)(C)C)cc2)NC(=S)N1. The molecule has 164 valence electrons. The van der Waals surface area contributed by atoms with E-state index < -0.39 is 23.7 Å². The van der Waals surface area contributed by atoms with Gasteiger partial charge in [-0.05, 0) is 47.8 Å². The largest absolute Gasteiger partial charge is 0.418 e. The topological polar surface area (TPSA) is 53.2 Å². The molecule has 0 bridgehead atoms. The molecule has 0 spiro atoms. The first-order valence-electron chi connectivity index (χ1n) is 9.74. The monoisotopic (exact) mass is 447 g/mol. The predicted octanol–water partition coefficient (Wildman–Crippen LogP) is 5.43. The van der Waals surface area contributed by atoms with Crippen LogP contribution in [0.3, 0.4) is 0 Å². The Labute approximate surface area is 184 Å². The number of thiocarbonyl (C=S) groups is 1. The van der Waals surface area contributed by atoms with Gasteiger partial charge in [-0.15, -0.1) is 0 Å². The van der Waals surface area contributed by atoms with Crippen molar-refractivity contribution in [3.63, 3.8) is 0 Å². The van der Waals surface area contributed by atoms with Crippen molar-refractivity contribution in [2.24, 2.45) is 0 Å². The van der Waals surface area contributed by atoms with Gasteiger partial charge in [0, 0.05) is 5.70 Å². The molecule has 3 rings (SSSR count). The number of anilines is 1. The molecule has 1 unspecified atom stereocenters. The highest BCUT2D eigenvalue weighted by molar-refractivity contribution is 7.80. The third-order valence-corrected chi connectivity index (χ3v) is 5.32. The van der Waals surface area contributed by atoms with Gasteiger partial charge >= 0.3 is 6.18 Å². The van der Waals surface area contributed by atoms with Gasteiger partial charge in [0.2, 0.25) is 0 Å². The van der Waals surface area contributed by atoms with Gasteiger partial charge in [0.15, 0.2) is 5.11 Å². The van der Waals surface area contributed by atoms with E-state index in [2.05, 4.69) is 36.7 Å². The molecule has 1 aliphatic rings. The molecule has 8 heteroatoms. The molecule has 0 aromatic heterocycles. The van der Waals surface area contributed by atoms with E-state index in [1.807, 2.05) is 24.3 Å². The lowest BCUT2D eigenvalue weighted by molar-refractivity contribution is -0.137. The third-order valence-electron chi connectivity index (χ3n) is 5.10. The summed E-state index contributed by atoms with van der Waals surface area (Å²) in [4.78, 5) is 13.1. The Kier molecular flexibility index (Phi) is 6.14. The van der Waals surface area contributed by atoms with Gasteiger partial charge in [0.05, 0.1) is 22.9 Å².